The van der Waals surface area contributed by atoms with Gasteiger partial charge in [0.05, 0.1) is 12.3 Å². The highest BCUT2D eigenvalue weighted by atomic mass is 35.5. The topological polar surface area (TPSA) is 42.8 Å². The van der Waals surface area contributed by atoms with E-state index in [2.05, 4.69) is 10.5 Å². The molecule has 1 fully saturated rings. The maximum atomic E-state index is 5.83. The van der Waals surface area contributed by atoms with Crippen LogP contribution in [0, 0.1) is 0 Å². The van der Waals surface area contributed by atoms with Gasteiger partial charge in [0.1, 0.15) is 12.7 Å². The molecule has 0 amide bonds. The molecule has 1 heterocycles. The predicted octanol–water partition coefficient (Wildman–Crippen LogP) is 2.07. The zero-order valence-corrected chi connectivity index (χ0v) is 11.1. The number of nitrogens with zero attached hydrogens (tertiary/aromatic N) is 1. The molecule has 18 heavy (non-hydrogen) atoms. The van der Waals surface area contributed by atoms with Gasteiger partial charge in [-0.1, -0.05) is 28.9 Å². The zero-order valence-electron chi connectivity index (χ0n) is 10.4. The highest BCUT2D eigenvalue weighted by Gasteiger charge is 2.13. The second-order valence-corrected chi connectivity index (χ2v) is 4.61. The number of oxime groups is 1. The highest BCUT2D eigenvalue weighted by molar-refractivity contribution is 6.30. The van der Waals surface area contributed by atoms with Crippen molar-refractivity contribution in [2.24, 2.45) is 5.16 Å². The van der Waals surface area contributed by atoms with E-state index in [9.17, 15) is 0 Å². The van der Waals surface area contributed by atoms with Gasteiger partial charge >= 0.3 is 0 Å². The number of hydrogen-bond acceptors (Lipinski definition) is 4. The largest absolute Gasteiger partial charge is 0.393 e. The van der Waals surface area contributed by atoms with Gasteiger partial charge in [-0.25, -0.2) is 0 Å². The van der Waals surface area contributed by atoms with Crippen LogP contribution in [0.3, 0.4) is 0 Å². The van der Waals surface area contributed by atoms with Gasteiger partial charge in [-0.05, 0) is 24.6 Å². The van der Waals surface area contributed by atoms with Crippen molar-refractivity contribution in [2.45, 2.75) is 13.0 Å². The third-order valence-corrected chi connectivity index (χ3v) is 2.98. The van der Waals surface area contributed by atoms with E-state index >= 15 is 0 Å². The molecule has 1 aliphatic rings. The summed E-state index contributed by atoms with van der Waals surface area (Å²) >= 11 is 5.83. The molecule has 0 aliphatic carbocycles. The van der Waals surface area contributed by atoms with E-state index in [0.717, 1.165) is 31.0 Å². The Hall–Kier alpha value is -1.10. The van der Waals surface area contributed by atoms with Crippen molar-refractivity contribution in [3.05, 3.63) is 34.9 Å². The van der Waals surface area contributed by atoms with Gasteiger partial charge in [0.15, 0.2) is 0 Å². The summed E-state index contributed by atoms with van der Waals surface area (Å²) in [4.78, 5) is 5.31. The van der Waals surface area contributed by atoms with Crippen LogP contribution in [-0.2, 0) is 9.57 Å². The number of hydrogen-bond donors (Lipinski definition) is 1. The fraction of sp³-hybridized carbons (Fsp3) is 0.462. The van der Waals surface area contributed by atoms with Gasteiger partial charge in [0, 0.05) is 18.1 Å². The van der Waals surface area contributed by atoms with Crippen molar-refractivity contribution in [1.29, 1.82) is 0 Å². The summed E-state index contributed by atoms with van der Waals surface area (Å²) in [5.74, 6) is 0. The Balaban J connectivity index is 1.82. The van der Waals surface area contributed by atoms with E-state index in [1.807, 2.05) is 31.2 Å². The third kappa shape index (κ3) is 3.98. The smallest absolute Gasteiger partial charge is 0.144 e. The van der Waals surface area contributed by atoms with E-state index in [4.69, 9.17) is 21.2 Å². The van der Waals surface area contributed by atoms with Gasteiger partial charge in [-0.2, -0.15) is 0 Å². The molecule has 4 nitrogen and oxygen atoms in total. The maximum absolute atomic E-state index is 5.83. The van der Waals surface area contributed by atoms with E-state index in [0.29, 0.717) is 11.6 Å². The summed E-state index contributed by atoms with van der Waals surface area (Å²) in [6.45, 7) is 4.83. The summed E-state index contributed by atoms with van der Waals surface area (Å²) in [5, 5.41) is 8.04. The molecular formula is C13H17ClN2O2. The fourth-order valence-electron chi connectivity index (χ4n) is 1.69. The molecule has 1 atom stereocenters. The Morgan fingerprint density at radius 2 is 2.28 bits per heavy atom. The molecule has 1 unspecified atom stereocenters. The minimum Gasteiger partial charge on any atom is -0.393 e. The van der Waals surface area contributed by atoms with E-state index < -0.39 is 0 Å². The van der Waals surface area contributed by atoms with Crippen LogP contribution in [0.25, 0.3) is 0 Å². The molecule has 98 valence electrons. The van der Waals surface area contributed by atoms with E-state index in [1.165, 1.54) is 0 Å². The van der Waals surface area contributed by atoms with Crippen LogP contribution in [-0.4, -0.2) is 38.1 Å². The number of nitrogens with one attached hydrogen (secondary N) is 1. The summed E-state index contributed by atoms with van der Waals surface area (Å²) < 4.78 is 5.51. The molecule has 0 bridgehead atoms. The number of ether oxygens (including phenoxy) is 1. The lowest BCUT2D eigenvalue weighted by Gasteiger charge is -2.22. The minimum absolute atomic E-state index is 0.0838. The molecule has 5 heteroatoms. The molecule has 1 N–H and O–H groups in total. The second-order valence-electron chi connectivity index (χ2n) is 4.18. The van der Waals surface area contributed by atoms with Crippen LogP contribution in [0.2, 0.25) is 5.02 Å². The lowest BCUT2D eigenvalue weighted by Crippen LogP contribution is -2.40. The average molecular weight is 269 g/mol. The average Bonchev–Trinajstić information content (AvgIpc) is 2.40. The maximum Gasteiger partial charge on any atom is 0.144 e. The van der Waals surface area contributed by atoms with Crippen LogP contribution < -0.4 is 5.32 Å². The molecule has 1 aromatic carbocycles. The quantitative estimate of drug-likeness (QED) is 0.672. The normalized spacial score (nSPS) is 20.8. The van der Waals surface area contributed by atoms with Crippen molar-refractivity contribution in [2.75, 3.05) is 26.3 Å². The van der Waals surface area contributed by atoms with Gasteiger partial charge in [-0.3, -0.25) is 0 Å². The molecular weight excluding hydrogens is 252 g/mol. The SMILES string of the molecule is C/C(=N\OCC1CNCCO1)c1ccc(Cl)cc1. The van der Waals surface area contributed by atoms with Gasteiger partial charge in [0.2, 0.25) is 0 Å². The predicted molar refractivity (Wildman–Crippen MR) is 72.2 cm³/mol. The van der Waals surface area contributed by atoms with Crippen molar-refractivity contribution in [1.82, 2.24) is 5.32 Å². The van der Waals surface area contributed by atoms with E-state index in [-0.39, 0.29) is 6.10 Å². The Morgan fingerprint density at radius 3 is 2.94 bits per heavy atom. The van der Waals surface area contributed by atoms with E-state index in [1.54, 1.807) is 0 Å². The second kappa shape index (κ2) is 6.73. The Morgan fingerprint density at radius 1 is 1.50 bits per heavy atom. The van der Waals surface area contributed by atoms with Crippen LogP contribution in [0.4, 0.5) is 0 Å². The Kier molecular flexibility index (Phi) is 4.99. The summed E-state index contributed by atoms with van der Waals surface area (Å²) in [6.07, 6.45) is 0.0838. The van der Waals surface area contributed by atoms with Gasteiger partial charge in [-0.15, -0.1) is 0 Å². The lowest BCUT2D eigenvalue weighted by atomic mass is 10.1. The standard InChI is InChI=1S/C13H17ClN2O2/c1-10(11-2-4-12(14)5-3-11)16-18-9-13-8-15-6-7-17-13/h2-5,13,15H,6-9H2,1H3/b16-10+. The first kappa shape index (κ1) is 13.3. The van der Waals surface area contributed by atoms with Crippen LogP contribution in [0.1, 0.15) is 12.5 Å². The van der Waals surface area contributed by atoms with Crippen LogP contribution >= 0.6 is 11.6 Å². The minimum atomic E-state index is 0.0838. The summed E-state index contributed by atoms with van der Waals surface area (Å²) in [6, 6.07) is 7.51. The molecule has 0 radical (unpaired) electrons. The molecule has 0 saturated carbocycles. The summed E-state index contributed by atoms with van der Waals surface area (Å²) in [5.41, 5.74) is 1.83. The number of halogens is 1. The monoisotopic (exact) mass is 268 g/mol. The molecule has 1 aromatic rings. The van der Waals surface area contributed by atoms with Crippen LogP contribution in [0.15, 0.2) is 29.4 Å². The summed E-state index contributed by atoms with van der Waals surface area (Å²) in [7, 11) is 0. The molecule has 0 aromatic heterocycles. The number of rotatable bonds is 4. The Bertz CT molecular complexity index is 400. The first-order valence-corrected chi connectivity index (χ1v) is 6.38. The number of benzene rings is 1. The highest BCUT2D eigenvalue weighted by Crippen LogP contribution is 2.10. The first-order chi connectivity index (χ1) is 8.75. The molecule has 2 rings (SSSR count). The first-order valence-electron chi connectivity index (χ1n) is 6.00. The lowest BCUT2D eigenvalue weighted by molar-refractivity contribution is -0.0302. The third-order valence-electron chi connectivity index (χ3n) is 2.73. The van der Waals surface area contributed by atoms with Gasteiger partial charge in [0.25, 0.3) is 0 Å². The van der Waals surface area contributed by atoms with Crippen LogP contribution in [0.5, 0.6) is 0 Å². The van der Waals surface area contributed by atoms with Crippen molar-refractivity contribution in [3.8, 4) is 0 Å². The van der Waals surface area contributed by atoms with Crippen molar-refractivity contribution >= 4 is 17.3 Å². The molecule has 0 spiro atoms. The van der Waals surface area contributed by atoms with Crippen molar-refractivity contribution in [3.63, 3.8) is 0 Å². The Labute approximate surface area is 112 Å². The zero-order chi connectivity index (χ0) is 12.8. The molecule has 1 saturated heterocycles. The van der Waals surface area contributed by atoms with Crippen molar-refractivity contribution < 1.29 is 9.57 Å². The van der Waals surface area contributed by atoms with Gasteiger partial charge < -0.3 is 14.9 Å². The fourth-order valence-corrected chi connectivity index (χ4v) is 1.81. The number of morpholine rings is 1. The molecule has 1 aliphatic heterocycles.